The van der Waals surface area contributed by atoms with Gasteiger partial charge in [0.05, 0.1) is 5.69 Å². The third-order valence-electron chi connectivity index (χ3n) is 4.13. The molecule has 3 heterocycles. The number of nitrogens with two attached hydrogens (primary N) is 1. The van der Waals surface area contributed by atoms with Crippen molar-refractivity contribution in [3.63, 3.8) is 0 Å². The fraction of sp³-hybridized carbons (Fsp3) is 0.588. The van der Waals surface area contributed by atoms with Crippen LogP contribution in [0.15, 0.2) is 10.9 Å². The van der Waals surface area contributed by atoms with Crippen LogP contribution in [0, 0.1) is 6.92 Å². The van der Waals surface area contributed by atoms with E-state index in [1.807, 2.05) is 6.92 Å². The maximum atomic E-state index is 11.9. The number of hydrogen-bond acceptors (Lipinski definition) is 5. The SMILES string of the molecule is Cc1cc(N2CC[C@@H](NC(C)(C)C)C2)c2[nH]c(=O)n(C)c2n1.NC(=O)O. The van der Waals surface area contributed by atoms with E-state index in [0.29, 0.717) is 6.04 Å². The number of rotatable bonds is 2. The highest BCUT2D eigenvalue weighted by Gasteiger charge is 2.27. The van der Waals surface area contributed by atoms with Crippen molar-refractivity contribution < 1.29 is 9.90 Å². The van der Waals surface area contributed by atoms with Crippen LogP contribution in [0.1, 0.15) is 32.9 Å². The number of amides is 1. The van der Waals surface area contributed by atoms with Crippen LogP contribution in [0.5, 0.6) is 0 Å². The average molecular weight is 364 g/mol. The first-order valence-electron chi connectivity index (χ1n) is 8.55. The average Bonchev–Trinajstić information content (AvgIpc) is 3.03. The number of nitrogens with zero attached hydrogens (tertiary/aromatic N) is 3. The number of fused-ring (bicyclic) bond motifs is 1. The number of imidazole rings is 1. The van der Waals surface area contributed by atoms with E-state index in [9.17, 15) is 4.79 Å². The Morgan fingerprint density at radius 3 is 2.65 bits per heavy atom. The van der Waals surface area contributed by atoms with E-state index in [-0.39, 0.29) is 11.2 Å². The quantitative estimate of drug-likeness (QED) is 0.633. The number of hydrogen-bond donors (Lipinski definition) is 4. The van der Waals surface area contributed by atoms with E-state index in [1.54, 1.807) is 11.6 Å². The number of aromatic amines is 1. The van der Waals surface area contributed by atoms with E-state index in [4.69, 9.17) is 9.90 Å². The Morgan fingerprint density at radius 2 is 2.08 bits per heavy atom. The van der Waals surface area contributed by atoms with Crippen LogP contribution in [0.2, 0.25) is 0 Å². The van der Waals surface area contributed by atoms with Crippen molar-refractivity contribution in [2.24, 2.45) is 12.8 Å². The monoisotopic (exact) mass is 364 g/mol. The molecule has 0 aromatic carbocycles. The second-order valence-electron chi connectivity index (χ2n) is 7.63. The van der Waals surface area contributed by atoms with Crippen molar-refractivity contribution in [2.45, 2.75) is 45.7 Å². The molecule has 1 fully saturated rings. The molecule has 0 saturated carbocycles. The van der Waals surface area contributed by atoms with Gasteiger partial charge < -0.3 is 26.0 Å². The fourth-order valence-corrected chi connectivity index (χ4v) is 3.25. The molecule has 0 radical (unpaired) electrons. The minimum atomic E-state index is -1.33. The Bertz CT molecular complexity index is 845. The summed E-state index contributed by atoms with van der Waals surface area (Å²) in [7, 11) is 1.76. The lowest BCUT2D eigenvalue weighted by molar-refractivity contribution is 0.205. The van der Waals surface area contributed by atoms with Gasteiger partial charge in [-0.05, 0) is 40.2 Å². The normalized spacial score (nSPS) is 17.3. The van der Waals surface area contributed by atoms with Crippen molar-refractivity contribution in [2.75, 3.05) is 18.0 Å². The summed E-state index contributed by atoms with van der Waals surface area (Å²) in [5, 5.41) is 10.9. The number of carbonyl (C=O) groups is 1. The van der Waals surface area contributed by atoms with Crippen LogP contribution in [0.4, 0.5) is 10.5 Å². The molecule has 9 heteroatoms. The first kappa shape index (κ1) is 19.8. The Labute approximate surface area is 152 Å². The zero-order valence-electron chi connectivity index (χ0n) is 16.0. The standard InChI is InChI=1S/C16H25N5O.CH3NO2/c1-10-8-12(13-14(17-10)20(5)15(22)18-13)21-7-6-11(9-21)19-16(2,3)4;2-1(3)4/h8,11,19H,6-7,9H2,1-5H3,(H,18,22);2H2,(H,3,4)/t11-;/m1./s1. The molecule has 5 N–H and O–H groups in total. The fourth-order valence-electron chi connectivity index (χ4n) is 3.25. The van der Waals surface area contributed by atoms with Crippen LogP contribution in [0.3, 0.4) is 0 Å². The first-order valence-corrected chi connectivity index (χ1v) is 8.55. The molecule has 1 aliphatic rings. The number of anilines is 1. The minimum absolute atomic E-state index is 0.113. The van der Waals surface area contributed by atoms with Crippen molar-refractivity contribution in [1.29, 1.82) is 0 Å². The molecule has 1 atom stereocenters. The second kappa shape index (κ2) is 7.36. The zero-order valence-corrected chi connectivity index (χ0v) is 16.0. The number of pyridine rings is 1. The highest BCUT2D eigenvalue weighted by Crippen LogP contribution is 2.28. The highest BCUT2D eigenvalue weighted by atomic mass is 16.4. The molecule has 1 amide bonds. The highest BCUT2D eigenvalue weighted by molar-refractivity contribution is 5.86. The van der Waals surface area contributed by atoms with Crippen molar-refractivity contribution in [1.82, 2.24) is 19.9 Å². The molecule has 2 aromatic heterocycles. The first-order chi connectivity index (χ1) is 12.0. The topological polar surface area (TPSA) is 129 Å². The lowest BCUT2D eigenvalue weighted by Crippen LogP contribution is -2.44. The Hall–Kier alpha value is -2.55. The molecule has 2 aromatic rings. The van der Waals surface area contributed by atoms with Gasteiger partial charge in [-0.25, -0.2) is 14.6 Å². The summed E-state index contributed by atoms with van der Waals surface area (Å²) in [6.45, 7) is 10.5. The summed E-state index contributed by atoms with van der Waals surface area (Å²) in [5.74, 6) is 0. The minimum Gasteiger partial charge on any atom is -0.465 e. The van der Waals surface area contributed by atoms with Gasteiger partial charge in [0.1, 0.15) is 5.52 Å². The van der Waals surface area contributed by atoms with Gasteiger partial charge in [-0.3, -0.25) is 4.57 Å². The van der Waals surface area contributed by atoms with Gasteiger partial charge >= 0.3 is 11.8 Å². The zero-order chi connectivity index (χ0) is 19.6. The number of primary amides is 1. The molecule has 9 nitrogen and oxygen atoms in total. The van der Waals surface area contributed by atoms with Crippen molar-refractivity contribution in [3.8, 4) is 0 Å². The molecular weight excluding hydrogens is 336 g/mol. The van der Waals surface area contributed by atoms with E-state index >= 15 is 0 Å². The Balaban J connectivity index is 0.000000552. The molecule has 1 saturated heterocycles. The number of H-pyrrole nitrogens is 1. The Morgan fingerprint density at radius 1 is 1.46 bits per heavy atom. The number of aromatic nitrogens is 3. The number of aryl methyl sites for hydroxylation is 2. The molecule has 144 valence electrons. The maximum Gasteiger partial charge on any atom is 0.402 e. The van der Waals surface area contributed by atoms with Gasteiger partial charge in [0, 0.05) is 37.4 Å². The summed E-state index contributed by atoms with van der Waals surface area (Å²) in [6, 6.07) is 2.54. The van der Waals surface area contributed by atoms with E-state index in [0.717, 1.165) is 42.1 Å². The molecule has 3 rings (SSSR count). The Kier molecular flexibility index (Phi) is 5.60. The number of carboxylic acid groups (broad SMARTS) is 1. The van der Waals surface area contributed by atoms with Gasteiger partial charge in [0.2, 0.25) is 0 Å². The van der Waals surface area contributed by atoms with Crippen LogP contribution < -0.4 is 21.6 Å². The third-order valence-corrected chi connectivity index (χ3v) is 4.13. The van der Waals surface area contributed by atoms with Gasteiger partial charge in [-0.15, -0.1) is 0 Å². The van der Waals surface area contributed by atoms with Gasteiger partial charge in [-0.2, -0.15) is 0 Å². The van der Waals surface area contributed by atoms with Crippen molar-refractivity contribution >= 4 is 22.9 Å². The van der Waals surface area contributed by atoms with E-state index in [1.165, 1.54) is 0 Å². The third kappa shape index (κ3) is 4.75. The van der Waals surface area contributed by atoms with Crippen LogP contribution in [-0.2, 0) is 7.05 Å². The van der Waals surface area contributed by atoms with E-state index in [2.05, 4.69) is 52.8 Å². The molecule has 26 heavy (non-hydrogen) atoms. The van der Waals surface area contributed by atoms with Crippen molar-refractivity contribution in [3.05, 3.63) is 22.2 Å². The lowest BCUT2D eigenvalue weighted by Gasteiger charge is -2.26. The second-order valence-corrected chi connectivity index (χ2v) is 7.63. The summed E-state index contributed by atoms with van der Waals surface area (Å²) in [5.41, 5.74) is 7.62. The smallest absolute Gasteiger partial charge is 0.402 e. The molecule has 0 bridgehead atoms. The van der Waals surface area contributed by atoms with Crippen LogP contribution >= 0.6 is 0 Å². The van der Waals surface area contributed by atoms with Gasteiger partial charge in [0.15, 0.2) is 5.65 Å². The molecule has 0 unspecified atom stereocenters. The van der Waals surface area contributed by atoms with Crippen LogP contribution in [-0.4, -0.2) is 50.4 Å². The predicted octanol–water partition coefficient (Wildman–Crippen LogP) is 1.16. The summed E-state index contributed by atoms with van der Waals surface area (Å²) in [6.07, 6.45) is -0.225. The van der Waals surface area contributed by atoms with Gasteiger partial charge in [0.25, 0.3) is 0 Å². The summed E-state index contributed by atoms with van der Waals surface area (Å²) >= 11 is 0. The molecule has 0 aliphatic carbocycles. The lowest BCUT2D eigenvalue weighted by atomic mass is 10.1. The maximum absolute atomic E-state index is 11.9. The molecule has 1 aliphatic heterocycles. The van der Waals surface area contributed by atoms with Crippen LogP contribution in [0.25, 0.3) is 11.2 Å². The largest absolute Gasteiger partial charge is 0.465 e. The molecule has 0 spiro atoms. The summed E-state index contributed by atoms with van der Waals surface area (Å²) in [4.78, 5) is 30.5. The van der Waals surface area contributed by atoms with Gasteiger partial charge in [-0.1, -0.05) is 0 Å². The number of nitrogens with one attached hydrogen (secondary N) is 2. The predicted molar refractivity (Wildman–Crippen MR) is 102 cm³/mol. The van der Waals surface area contributed by atoms with E-state index < -0.39 is 6.09 Å². The summed E-state index contributed by atoms with van der Waals surface area (Å²) < 4.78 is 1.58. The molecular formula is C17H28N6O3.